The number of anilines is 1. The number of esters is 1. The van der Waals surface area contributed by atoms with Crippen molar-refractivity contribution in [3.63, 3.8) is 0 Å². The number of halogens is 2. The molecule has 108 valence electrons. The standard InChI is InChI=1S/C14H15Cl2NO3/c1-7-5-10(7)14(19)20-8(2)13(18)17-12-4-3-9(15)6-11(12)16/h3-4,6-8,10H,5H2,1-2H3,(H,17,18). The highest BCUT2D eigenvalue weighted by atomic mass is 35.5. The van der Waals surface area contributed by atoms with Gasteiger partial charge in [-0.3, -0.25) is 9.59 Å². The summed E-state index contributed by atoms with van der Waals surface area (Å²) in [5.41, 5.74) is 0.434. The van der Waals surface area contributed by atoms with Crippen LogP contribution in [0, 0.1) is 11.8 Å². The van der Waals surface area contributed by atoms with Crippen molar-refractivity contribution < 1.29 is 14.3 Å². The van der Waals surface area contributed by atoms with E-state index in [2.05, 4.69) is 5.32 Å². The third-order valence-electron chi connectivity index (χ3n) is 3.26. The van der Waals surface area contributed by atoms with E-state index in [4.69, 9.17) is 27.9 Å². The number of amides is 1. The molecular weight excluding hydrogens is 301 g/mol. The Kier molecular flexibility index (Phi) is 4.55. The highest BCUT2D eigenvalue weighted by molar-refractivity contribution is 6.36. The van der Waals surface area contributed by atoms with Crippen molar-refractivity contribution in [1.29, 1.82) is 0 Å². The van der Waals surface area contributed by atoms with Crippen LogP contribution in [0.25, 0.3) is 0 Å². The van der Waals surface area contributed by atoms with E-state index in [0.29, 0.717) is 21.7 Å². The van der Waals surface area contributed by atoms with E-state index in [1.165, 1.54) is 13.0 Å². The predicted octanol–water partition coefficient (Wildman–Crippen LogP) is 3.52. The Hall–Kier alpha value is -1.26. The first-order chi connectivity index (χ1) is 9.38. The number of nitrogens with one attached hydrogen (secondary N) is 1. The number of ether oxygens (including phenoxy) is 1. The first-order valence-electron chi connectivity index (χ1n) is 6.35. The Labute approximate surface area is 127 Å². The topological polar surface area (TPSA) is 55.4 Å². The summed E-state index contributed by atoms with van der Waals surface area (Å²) < 4.78 is 5.12. The molecule has 1 aromatic rings. The normalized spacial score (nSPS) is 22.0. The second-order valence-electron chi connectivity index (χ2n) is 5.01. The zero-order chi connectivity index (χ0) is 14.9. The lowest BCUT2D eigenvalue weighted by atomic mass is 10.3. The molecule has 2 rings (SSSR count). The quantitative estimate of drug-likeness (QED) is 0.865. The zero-order valence-corrected chi connectivity index (χ0v) is 12.7. The van der Waals surface area contributed by atoms with Crippen LogP contribution in [-0.2, 0) is 14.3 Å². The molecule has 0 saturated heterocycles. The minimum Gasteiger partial charge on any atom is -0.452 e. The molecule has 0 spiro atoms. The van der Waals surface area contributed by atoms with Gasteiger partial charge in [-0.25, -0.2) is 0 Å². The van der Waals surface area contributed by atoms with Crippen molar-refractivity contribution in [3.05, 3.63) is 28.2 Å². The molecule has 3 unspecified atom stereocenters. The van der Waals surface area contributed by atoms with Crippen LogP contribution in [0.1, 0.15) is 20.3 Å². The maximum Gasteiger partial charge on any atom is 0.309 e. The molecule has 1 aliphatic rings. The minimum atomic E-state index is -0.859. The van der Waals surface area contributed by atoms with Gasteiger partial charge in [-0.2, -0.15) is 0 Å². The summed E-state index contributed by atoms with van der Waals surface area (Å²) in [5.74, 6) is -0.453. The van der Waals surface area contributed by atoms with Gasteiger partial charge in [-0.15, -0.1) is 0 Å². The van der Waals surface area contributed by atoms with Crippen LogP contribution in [0.4, 0.5) is 5.69 Å². The van der Waals surface area contributed by atoms with Crippen molar-refractivity contribution in [1.82, 2.24) is 0 Å². The molecule has 20 heavy (non-hydrogen) atoms. The smallest absolute Gasteiger partial charge is 0.309 e. The van der Waals surface area contributed by atoms with E-state index >= 15 is 0 Å². The van der Waals surface area contributed by atoms with E-state index in [1.54, 1.807) is 12.1 Å². The maximum absolute atomic E-state index is 11.9. The number of hydrogen-bond acceptors (Lipinski definition) is 3. The predicted molar refractivity (Wildman–Crippen MR) is 77.9 cm³/mol. The first-order valence-corrected chi connectivity index (χ1v) is 7.10. The second kappa shape index (κ2) is 6.02. The summed E-state index contributed by atoms with van der Waals surface area (Å²) in [6.45, 7) is 3.51. The third-order valence-corrected chi connectivity index (χ3v) is 3.81. The van der Waals surface area contributed by atoms with Gasteiger partial charge in [0, 0.05) is 5.02 Å². The van der Waals surface area contributed by atoms with Gasteiger partial charge < -0.3 is 10.1 Å². The van der Waals surface area contributed by atoms with Gasteiger partial charge in [-0.05, 0) is 37.5 Å². The summed E-state index contributed by atoms with van der Waals surface area (Å²) in [4.78, 5) is 23.6. The lowest BCUT2D eigenvalue weighted by Crippen LogP contribution is -2.30. The van der Waals surface area contributed by atoms with Gasteiger partial charge in [0.25, 0.3) is 5.91 Å². The molecule has 6 heteroatoms. The molecule has 1 aliphatic carbocycles. The van der Waals surface area contributed by atoms with Gasteiger partial charge in [0.05, 0.1) is 16.6 Å². The number of carbonyl (C=O) groups excluding carboxylic acids is 2. The van der Waals surface area contributed by atoms with E-state index in [1.807, 2.05) is 6.92 Å². The van der Waals surface area contributed by atoms with Crippen LogP contribution < -0.4 is 5.32 Å². The molecule has 0 heterocycles. The summed E-state index contributed by atoms with van der Waals surface area (Å²) in [6.07, 6.45) is -0.0297. The fourth-order valence-electron chi connectivity index (χ4n) is 1.79. The number of hydrogen-bond donors (Lipinski definition) is 1. The largest absolute Gasteiger partial charge is 0.452 e. The Morgan fingerprint density at radius 1 is 1.40 bits per heavy atom. The molecule has 3 atom stereocenters. The summed E-state index contributed by atoms with van der Waals surface area (Å²) in [5, 5.41) is 3.42. The average molecular weight is 316 g/mol. The molecule has 1 N–H and O–H groups in total. The molecule has 4 nitrogen and oxygen atoms in total. The Morgan fingerprint density at radius 2 is 2.05 bits per heavy atom. The average Bonchev–Trinajstić information content (AvgIpc) is 3.10. The molecular formula is C14H15Cl2NO3. The zero-order valence-electron chi connectivity index (χ0n) is 11.2. The molecule has 0 radical (unpaired) electrons. The molecule has 0 bridgehead atoms. The lowest BCUT2D eigenvalue weighted by molar-refractivity contribution is -0.154. The van der Waals surface area contributed by atoms with Gasteiger partial charge in [0.2, 0.25) is 0 Å². The van der Waals surface area contributed by atoms with Crippen LogP contribution in [-0.4, -0.2) is 18.0 Å². The molecule has 0 aliphatic heterocycles. The molecule has 1 fully saturated rings. The lowest BCUT2D eigenvalue weighted by Gasteiger charge is -2.14. The van der Waals surface area contributed by atoms with Gasteiger partial charge in [-0.1, -0.05) is 30.1 Å². The van der Waals surface area contributed by atoms with E-state index < -0.39 is 12.0 Å². The highest BCUT2D eigenvalue weighted by Gasteiger charge is 2.41. The molecule has 0 aromatic heterocycles. The van der Waals surface area contributed by atoms with Crippen LogP contribution >= 0.6 is 23.2 Å². The fraction of sp³-hybridized carbons (Fsp3) is 0.429. The molecule has 1 saturated carbocycles. The third kappa shape index (κ3) is 3.64. The number of rotatable bonds is 4. The molecule has 1 amide bonds. The SMILES string of the molecule is CC(OC(=O)C1CC1C)C(=O)Nc1ccc(Cl)cc1Cl. The van der Waals surface area contributed by atoms with Crippen LogP contribution in [0.3, 0.4) is 0 Å². The van der Waals surface area contributed by atoms with Crippen molar-refractivity contribution in [3.8, 4) is 0 Å². The van der Waals surface area contributed by atoms with Crippen LogP contribution in [0.15, 0.2) is 18.2 Å². The second-order valence-corrected chi connectivity index (χ2v) is 5.86. The number of benzene rings is 1. The van der Waals surface area contributed by atoms with Crippen LogP contribution in [0.5, 0.6) is 0 Å². The van der Waals surface area contributed by atoms with E-state index in [-0.39, 0.29) is 11.9 Å². The minimum absolute atomic E-state index is 0.0654. The van der Waals surface area contributed by atoms with Crippen molar-refractivity contribution >= 4 is 40.8 Å². The van der Waals surface area contributed by atoms with Crippen molar-refractivity contribution in [2.75, 3.05) is 5.32 Å². The summed E-state index contributed by atoms with van der Waals surface area (Å²) >= 11 is 11.7. The highest BCUT2D eigenvalue weighted by Crippen LogP contribution is 2.38. The number of carbonyl (C=O) groups is 2. The summed E-state index contributed by atoms with van der Waals surface area (Å²) in [6, 6.07) is 4.74. The first kappa shape index (κ1) is 15.1. The fourth-order valence-corrected chi connectivity index (χ4v) is 2.25. The van der Waals surface area contributed by atoms with Crippen molar-refractivity contribution in [2.45, 2.75) is 26.4 Å². The maximum atomic E-state index is 11.9. The molecule has 1 aromatic carbocycles. The Bertz CT molecular complexity index is 547. The van der Waals surface area contributed by atoms with Crippen molar-refractivity contribution in [2.24, 2.45) is 11.8 Å². The summed E-state index contributed by atoms with van der Waals surface area (Å²) in [7, 11) is 0. The Morgan fingerprint density at radius 3 is 2.60 bits per heavy atom. The van der Waals surface area contributed by atoms with Crippen LogP contribution in [0.2, 0.25) is 10.0 Å². The van der Waals surface area contributed by atoms with Gasteiger partial charge >= 0.3 is 5.97 Å². The Balaban J connectivity index is 1.92. The van der Waals surface area contributed by atoms with E-state index in [9.17, 15) is 9.59 Å². The van der Waals surface area contributed by atoms with Gasteiger partial charge in [0.1, 0.15) is 0 Å². The van der Waals surface area contributed by atoms with Gasteiger partial charge in [0.15, 0.2) is 6.10 Å². The van der Waals surface area contributed by atoms with E-state index in [0.717, 1.165) is 6.42 Å². The monoisotopic (exact) mass is 315 g/mol.